The van der Waals surface area contributed by atoms with Crippen molar-refractivity contribution in [2.24, 2.45) is 0 Å². The number of carbonyl (C=O) groups excluding carboxylic acids is 2. The highest BCUT2D eigenvalue weighted by atomic mass is 32.2. The molecule has 1 atom stereocenters. The van der Waals surface area contributed by atoms with Crippen LogP contribution in [-0.4, -0.2) is 32.5 Å². The van der Waals surface area contributed by atoms with Crippen molar-refractivity contribution in [3.8, 4) is 0 Å². The van der Waals surface area contributed by atoms with E-state index >= 15 is 0 Å². The van der Waals surface area contributed by atoms with Crippen LogP contribution < -0.4 is 10.0 Å². The Labute approximate surface area is 170 Å². The van der Waals surface area contributed by atoms with E-state index in [1.54, 1.807) is 35.2 Å². The van der Waals surface area contributed by atoms with Gasteiger partial charge in [-0.2, -0.15) is 13.2 Å². The van der Waals surface area contributed by atoms with E-state index in [4.69, 9.17) is 0 Å². The standard InChI is InChI=1S/C20H17F3N2O4S/c1-12-7-9-13(10-8-12)15-11-16(20(21,22)23)24-18(26)17(15)19(27)25-30(28,29)14-5-3-2-4-6-14/h2-10,16H,11H2,1H3,(H,24,26)(H,25,27). The number of hydrogen-bond donors (Lipinski definition) is 2. The van der Waals surface area contributed by atoms with Crippen molar-refractivity contribution in [1.82, 2.24) is 10.0 Å². The monoisotopic (exact) mass is 438 g/mol. The van der Waals surface area contributed by atoms with E-state index < -0.39 is 46.0 Å². The Hall–Kier alpha value is -3.14. The quantitative estimate of drug-likeness (QED) is 0.718. The van der Waals surface area contributed by atoms with Gasteiger partial charge >= 0.3 is 6.18 Å². The van der Waals surface area contributed by atoms with Gasteiger partial charge in [0.15, 0.2) is 0 Å². The minimum absolute atomic E-state index is 0.179. The number of hydrogen-bond acceptors (Lipinski definition) is 4. The molecule has 0 fully saturated rings. The van der Waals surface area contributed by atoms with Gasteiger partial charge in [0.2, 0.25) is 0 Å². The smallest absolute Gasteiger partial charge is 0.340 e. The Morgan fingerprint density at radius 2 is 1.67 bits per heavy atom. The highest BCUT2D eigenvalue weighted by Crippen LogP contribution is 2.34. The maximum absolute atomic E-state index is 13.3. The number of amides is 2. The van der Waals surface area contributed by atoms with Crippen LogP contribution in [0.2, 0.25) is 0 Å². The SMILES string of the molecule is Cc1ccc(C2=C(C(=O)NS(=O)(=O)c3ccccc3)C(=O)NC(C(F)(F)F)C2)cc1. The first-order valence-corrected chi connectivity index (χ1v) is 10.3. The van der Waals surface area contributed by atoms with Crippen molar-refractivity contribution in [2.75, 3.05) is 0 Å². The zero-order chi connectivity index (χ0) is 22.1. The van der Waals surface area contributed by atoms with E-state index in [2.05, 4.69) is 0 Å². The van der Waals surface area contributed by atoms with Gasteiger partial charge in [-0.25, -0.2) is 13.1 Å². The molecule has 158 valence electrons. The molecule has 10 heteroatoms. The number of benzene rings is 2. The highest BCUT2D eigenvalue weighted by molar-refractivity contribution is 7.90. The highest BCUT2D eigenvalue weighted by Gasteiger charge is 2.46. The summed E-state index contributed by atoms with van der Waals surface area (Å²) in [6, 6.07) is 11.0. The van der Waals surface area contributed by atoms with Crippen molar-refractivity contribution in [3.05, 3.63) is 71.3 Å². The van der Waals surface area contributed by atoms with Gasteiger partial charge in [-0.05, 0) is 30.2 Å². The van der Waals surface area contributed by atoms with Crippen LogP contribution in [0.1, 0.15) is 17.5 Å². The summed E-state index contributed by atoms with van der Waals surface area (Å²) in [6.45, 7) is 1.77. The maximum Gasteiger partial charge on any atom is 0.408 e. The van der Waals surface area contributed by atoms with Crippen molar-refractivity contribution in [1.29, 1.82) is 0 Å². The van der Waals surface area contributed by atoms with Gasteiger partial charge < -0.3 is 5.32 Å². The summed E-state index contributed by atoms with van der Waals surface area (Å²) in [5, 5.41) is 1.75. The molecule has 30 heavy (non-hydrogen) atoms. The van der Waals surface area contributed by atoms with E-state index in [0.29, 0.717) is 0 Å². The van der Waals surface area contributed by atoms with E-state index in [1.165, 1.54) is 36.4 Å². The molecule has 6 nitrogen and oxygen atoms in total. The van der Waals surface area contributed by atoms with Gasteiger partial charge in [0.05, 0.1) is 4.90 Å². The molecule has 0 saturated carbocycles. The molecule has 2 aromatic rings. The minimum atomic E-state index is -4.73. The molecule has 0 saturated heterocycles. The van der Waals surface area contributed by atoms with Gasteiger partial charge in [0.1, 0.15) is 11.6 Å². The van der Waals surface area contributed by atoms with Crippen LogP contribution in [0.4, 0.5) is 13.2 Å². The van der Waals surface area contributed by atoms with Gasteiger partial charge in [-0.15, -0.1) is 0 Å². The number of alkyl halides is 3. The lowest BCUT2D eigenvalue weighted by atomic mass is 9.89. The van der Waals surface area contributed by atoms with E-state index in [0.717, 1.165) is 5.56 Å². The topological polar surface area (TPSA) is 92.3 Å². The number of rotatable bonds is 4. The molecular formula is C20H17F3N2O4S. The number of nitrogens with one attached hydrogen (secondary N) is 2. The lowest BCUT2D eigenvalue weighted by molar-refractivity contribution is -0.160. The van der Waals surface area contributed by atoms with E-state index in [9.17, 15) is 31.2 Å². The van der Waals surface area contributed by atoms with Crippen LogP contribution in [0.3, 0.4) is 0 Å². The van der Waals surface area contributed by atoms with Gasteiger partial charge in [-0.3, -0.25) is 9.59 Å². The molecule has 2 aromatic carbocycles. The molecule has 1 aliphatic rings. The predicted molar refractivity (Wildman–Crippen MR) is 102 cm³/mol. The van der Waals surface area contributed by atoms with Gasteiger partial charge in [0.25, 0.3) is 21.8 Å². The maximum atomic E-state index is 13.3. The Bertz CT molecular complexity index is 1110. The number of halogens is 3. The largest absolute Gasteiger partial charge is 0.408 e. The van der Waals surface area contributed by atoms with Crippen molar-refractivity contribution >= 4 is 27.4 Å². The zero-order valence-corrected chi connectivity index (χ0v) is 16.5. The van der Waals surface area contributed by atoms with Crippen LogP contribution in [0.25, 0.3) is 5.57 Å². The van der Waals surface area contributed by atoms with Crippen molar-refractivity contribution in [3.63, 3.8) is 0 Å². The summed E-state index contributed by atoms with van der Waals surface area (Å²) in [6.07, 6.45) is -5.43. The Morgan fingerprint density at radius 1 is 1.07 bits per heavy atom. The van der Waals surface area contributed by atoms with Crippen LogP contribution in [-0.2, 0) is 19.6 Å². The third-order valence-electron chi connectivity index (χ3n) is 4.55. The summed E-state index contributed by atoms with van der Waals surface area (Å²) >= 11 is 0. The fourth-order valence-electron chi connectivity index (χ4n) is 3.01. The zero-order valence-electron chi connectivity index (χ0n) is 15.7. The summed E-state index contributed by atoms with van der Waals surface area (Å²) in [5.41, 5.74) is 0.206. The third kappa shape index (κ3) is 4.54. The molecule has 1 heterocycles. The Kier molecular flexibility index (Phi) is 5.71. The lowest BCUT2D eigenvalue weighted by Crippen LogP contribution is -2.51. The second kappa shape index (κ2) is 7.94. The minimum Gasteiger partial charge on any atom is -0.340 e. The first-order chi connectivity index (χ1) is 14.0. The molecular weight excluding hydrogens is 421 g/mol. The van der Waals surface area contributed by atoms with E-state index in [-0.39, 0.29) is 16.0 Å². The van der Waals surface area contributed by atoms with Crippen LogP contribution in [0, 0.1) is 6.92 Å². The van der Waals surface area contributed by atoms with Crippen LogP contribution >= 0.6 is 0 Å². The lowest BCUT2D eigenvalue weighted by Gasteiger charge is -2.29. The summed E-state index contributed by atoms with van der Waals surface area (Å²) < 4.78 is 66.4. The summed E-state index contributed by atoms with van der Waals surface area (Å²) in [4.78, 5) is 24.9. The molecule has 3 rings (SSSR count). The first kappa shape index (κ1) is 21.6. The Balaban J connectivity index is 2.05. The fraction of sp³-hybridized carbons (Fsp3) is 0.200. The molecule has 1 unspecified atom stereocenters. The van der Waals surface area contributed by atoms with E-state index in [1.807, 2.05) is 0 Å². The molecule has 0 spiro atoms. The normalized spacial score (nSPS) is 17.5. The van der Waals surface area contributed by atoms with Crippen LogP contribution in [0.15, 0.2) is 65.1 Å². The fourth-order valence-corrected chi connectivity index (χ4v) is 3.99. The molecule has 0 radical (unpaired) electrons. The van der Waals surface area contributed by atoms with Gasteiger partial charge in [0, 0.05) is 6.42 Å². The third-order valence-corrected chi connectivity index (χ3v) is 5.89. The molecule has 2 N–H and O–H groups in total. The second-order valence-corrected chi connectivity index (χ2v) is 8.42. The number of aryl methyl sites for hydroxylation is 1. The van der Waals surface area contributed by atoms with Crippen molar-refractivity contribution in [2.45, 2.75) is 30.5 Å². The van der Waals surface area contributed by atoms with Crippen molar-refractivity contribution < 1.29 is 31.2 Å². The average molecular weight is 438 g/mol. The number of carbonyl (C=O) groups is 2. The molecule has 1 aliphatic heterocycles. The summed E-state index contributed by atoms with van der Waals surface area (Å²) in [5.74, 6) is -2.59. The molecule has 0 bridgehead atoms. The summed E-state index contributed by atoms with van der Waals surface area (Å²) in [7, 11) is -4.32. The van der Waals surface area contributed by atoms with Crippen LogP contribution in [0.5, 0.6) is 0 Å². The predicted octanol–water partition coefficient (Wildman–Crippen LogP) is 2.70. The second-order valence-electron chi connectivity index (χ2n) is 6.74. The Morgan fingerprint density at radius 3 is 2.23 bits per heavy atom. The van der Waals surface area contributed by atoms with Gasteiger partial charge in [-0.1, -0.05) is 48.0 Å². The number of sulfonamides is 1. The molecule has 2 amide bonds. The molecule has 0 aromatic heterocycles. The molecule has 0 aliphatic carbocycles. The average Bonchev–Trinajstić information content (AvgIpc) is 2.67. The first-order valence-electron chi connectivity index (χ1n) is 8.79.